The number of anilines is 1. The average molecular weight is 335 g/mol. The Kier molecular flexibility index (Phi) is 6.22. The van der Waals surface area contributed by atoms with Gasteiger partial charge in [0.25, 0.3) is 0 Å². The van der Waals surface area contributed by atoms with E-state index < -0.39 is 0 Å². The van der Waals surface area contributed by atoms with Crippen LogP contribution in [0.4, 0.5) is 5.13 Å². The van der Waals surface area contributed by atoms with Crippen LogP contribution in [0.5, 0.6) is 11.5 Å². The number of methoxy groups -OCH3 is 2. The zero-order chi connectivity index (χ0) is 16.7. The van der Waals surface area contributed by atoms with Gasteiger partial charge in [0, 0.05) is 18.3 Å². The van der Waals surface area contributed by atoms with Crippen molar-refractivity contribution in [1.29, 1.82) is 0 Å². The SMILES string of the molecule is COc1ccc(CCNC(=O)CCc2csc(N)n2)cc1OC. The highest BCUT2D eigenvalue weighted by molar-refractivity contribution is 7.13. The Hall–Kier alpha value is -2.28. The van der Waals surface area contributed by atoms with Gasteiger partial charge in [0.05, 0.1) is 19.9 Å². The highest BCUT2D eigenvalue weighted by Crippen LogP contribution is 2.27. The molecule has 0 radical (unpaired) electrons. The van der Waals surface area contributed by atoms with E-state index in [1.165, 1.54) is 11.3 Å². The van der Waals surface area contributed by atoms with Crippen molar-refractivity contribution in [3.05, 3.63) is 34.8 Å². The molecule has 0 aliphatic heterocycles. The zero-order valence-corrected chi connectivity index (χ0v) is 14.1. The van der Waals surface area contributed by atoms with E-state index in [1.54, 1.807) is 14.2 Å². The third-order valence-electron chi connectivity index (χ3n) is 3.36. The van der Waals surface area contributed by atoms with Crippen molar-refractivity contribution in [3.63, 3.8) is 0 Å². The summed E-state index contributed by atoms with van der Waals surface area (Å²) in [6.07, 6.45) is 1.75. The number of nitrogens with two attached hydrogens (primary N) is 1. The molecule has 3 N–H and O–H groups in total. The van der Waals surface area contributed by atoms with Crippen LogP contribution in [-0.4, -0.2) is 31.7 Å². The van der Waals surface area contributed by atoms with Crippen LogP contribution in [0.25, 0.3) is 0 Å². The Labute approximate surface area is 139 Å². The molecule has 1 aromatic carbocycles. The number of amides is 1. The zero-order valence-electron chi connectivity index (χ0n) is 13.3. The summed E-state index contributed by atoms with van der Waals surface area (Å²) in [6.45, 7) is 0.577. The number of rotatable bonds is 8. The van der Waals surface area contributed by atoms with Crippen LogP contribution < -0.4 is 20.5 Å². The van der Waals surface area contributed by atoms with Crippen molar-refractivity contribution in [2.45, 2.75) is 19.3 Å². The molecular weight excluding hydrogens is 314 g/mol. The molecule has 0 atom stereocenters. The summed E-state index contributed by atoms with van der Waals surface area (Å²) in [5.74, 6) is 1.40. The van der Waals surface area contributed by atoms with E-state index in [4.69, 9.17) is 15.2 Å². The Morgan fingerprint density at radius 3 is 2.70 bits per heavy atom. The van der Waals surface area contributed by atoms with Gasteiger partial charge in [0.2, 0.25) is 5.91 Å². The van der Waals surface area contributed by atoms with E-state index in [2.05, 4.69) is 10.3 Å². The van der Waals surface area contributed by atoms with Gasteiger partial charge in [-0.3, -0.25) is 4.79 Å². The molecule has 0 aliphatic rings. The molecule has 0 saturated heterocycles. The molecule has 2 rings (SSSR count). The van der Waals surface area contributed by atoms with E-state index in [9.17, 15) is 4.79 Å². The molecular formula is C16H21N3O3S. The van der Waals surface area contributed by atoms with E-state index in [0.29, 0.717) is 36.0 Å². The first-order valence-corrected chi connectivity index (χ1v) is 8.18. The smallest absolute Gasteiger partial charge is 0.220 e. The summed E-state index contributed by atoms with van der Waals surface area (Å²) in [4.78, 5) is 16.0. The van der Waals surface area contributed by atoms with Gasteiger partial charge in [0.15, 0.2) is 16.6 Å². The van der Waals surface area contributed by atoms with Crippen LogP contribution in [0.15, 0.2) is 23.6 Å². The molecule has 0 unspecified atom stereocenters. The van der Waals surface area contributed by atoms with Crippen LogP contribution in [-0.2, 0) is 17.6 Å². The first-order valence-electron chi connectivity index (χ1n) is 7.30. The number of thiazole rings is 1. The Bertz CT molecular complexity index is 658. The fraction of sp³-hybridized carbons (Fsp3) is 0.375. The number of hydrogen-bond donors (Lipinski definition) is 2. The minimum absolute atomic E-state index is 0.0112. The molecule has 0 fully saturated rings. The summed E-state index contributed by atoms with van der Waals surface area (Å²) >= 11 is 1.39. The molecule has 23 heavy (non-hydrogen) atoms. The summed E-state index contributed by atoms with van der Waals surface area (Å²) in [6, 6.07) is 5.75. The lowest BCUT2D eigenvalue weighted by Crippen LogP contribution is -2.25. The first kappa shape index (κ1) is 17.1. The number of carbonyl (C=O) groups excluding carboxylic acids is 1. The molecule has 1 aromatic heterocycles. The monoisotopic (exact) mass is 335 g/mol. The Morgan fingerprint density at radius 1 is 1.26 bits per heavy atom. The molecule has 0 aliphatic carbocycles. The Balaban J connectivity index is 1.74. The minimum atomic E-state index is 0.0112. The third kappa shape index (κ3) is 5.14. The fourth-order valence-corrected chi connectivity index (χ4v) is 2.75. The van der Waals surface area contributed by atoms with Crippen molar-refractivity contribution in [3.8, 4) is 11.5 Å². The summed E-state index contributed by atoms with van der Waals surface area (Å²) in [7, 11) is 3.21. The standard InChI is InChI=1S/C16H21N3O3S/c1-21-13-5-3-11(9-14(13)22-2)7-8-18-15(20)6-4-12-10-23-16(17)19-12/h3,5,9-10H,4,6-8H2,1-2H3,(H2,17,19)(H,18,20). The molecule has 1 heterocycles. The molecule has 7 heteroatoms. The number of aromatic nitrogens is 1. The van der Waals surface area contributed by atoms with E-state index in [-0.39, 0.29) is 5.91 Å². The lowest BCUT2D eigenvalue weighted by molar-refractivity contribution is -0.121. The molecule has 1 amide bonds. The van der Waals surface area contributed by atoms with Crippen molar-refractivity contribution in [2.75, 3.05) is 26.5 Å². The highest BCUT2D eigenvalue weighted by Gasteiger charge is 2.07. The van der Waals surface area contributed by atoms with Crippen LogP contribution in [0, 0.1) is 0 Å². The van der Waals surface area contributed by atoms with Crippen molar-refractivity contribution in [1.82, 2.24) is 10.3 Å². The number of carbonyl (C=O) groups is 1. The average Bonchev–Trinajstić information content (AvgIpc) is 2.98. The molecule has 124 valence electrons. The predicted octanol–water partition coefficient (Wildman–Crippen LogP) is 2.03. The highest BCUT2D eigenvalue weighted by atomic mass is 32.1. The van der Waals surface area contributed by atoms with Gasteiger partial charge in [-0.25, -0.2) is 4.98 Å². The van der Waals surface area contributed by atoms with Crippen LogP contribution in [0.1, 0.15) is 17.7 Å². The van der Waals surface area contributed by atoms with Gasteiger partial charge in [0.1, 0.15) is 0 Å². The van der Waals surface area contributed by atoms with Crippen LogP contribution in [0.3, 0.4) is 0 Å². The second kappa shape index (κ2) is 8.38. The number of nitrogens with one attached hydrogen (secondary N) is 1. The number of nitrogen functional groups attached to an aromatic ring is 1. The quantitative estimate of drug-likeness (QED) is 0.771. The second-order valence-electron chi connectivity index (χ2n) is 4.97. The summed E-state index contributed by atoms with van der Waals surface area (Å²) < 4.78 is 10.5. The molecule has 0 saturated carbocycles. The van der Waals surface area contributed by atoms with Crippen molar-refractivity contribution < 1.29 is 14.3 Å². The summed E-state index contributed by atoms with van der Waals surface area (Å²) in [5.41, 5.74) is 7.50. The largest absolute Gasteiger partial charge is 0.493 e. The maximum atomic E-state index is 11.8. The molecule has 2 aromatic rings. The predicted molar refractivity (Wildman–Crippen MR) is 91.1 cm³/mol. The molecule has 0 spiro atoms. The van der Waals surface area contributed by atoms with Gasteiger partial charge in [-0.2, -0.15) is 0 Å². The first-order chi connectivity index (χ1) is 11.1. The molecule has 0 bridgehead atoms. The lowest BCUT2D eigenvalue weighted by Gasteiger charge is -2.10. The van der Waals surface area contributed by atoms with Gasteiger partial charge < -0.3 is 20.5 Å². The topological polar surface area (TPSA) is 86.5 Å². The minimum Gasteiger partial charge on any atom is -0.493 e. The van der Waals surface area contributed by atoms with Gasteiger partial charge in [-0.05, 0) is 30.5 Å². The van der Waals surface area contributed by atoms with Gasteiger partial charge in [-0.1, -0.05) is 6.07 Å². The van der Waals surface area contributed by atoms with E-state index in [1.807, 2.05) is 23.6 Å². The van der Waals surface area contributed by atoms with Gasteiger partial charge in [-0.15, -0.1) is 11.3 Å². The number of aryl methyl sites for hydroxylation is 1. The van der Waals surface area contributed by atoms with E-state index in [0.717, 1.165) is 17.7 Å². The Morgan fingerprint density at radius 2 is 2.04 bits per heavy atom. The van der Waals surface area contributed by atoms with Crippen LogP contribution in [0.2, 0.25) is 0 Å². The van der Waals surface area contributed by atoms with Gasteiger partial charge >= 0.3 is 0 Å². The van der Waals surface area contributed by atoms with Crippen molar-refractivity contribution in [2.24, 2.45) is 0 Å². The van der Waals surface area contributed by atoms with Crippen molar-refractivity contribution >= 4 is 22.4 Å². The number of ether oxygens (including phenoxy) is 2. The van der Waals surface area contributed by atoms with E-state index >= 15 is 0 Å². The second-order valence-corrected chi connectivity index (χ2v) is 5.86. The normalized spacial score (nSPS) is 10.3. The maximum Gasteiger partial charge on any atom is 0.220 e. The third-order valence-corrected chi connectivity index (χ3v) is 4.08. The summed E-state index contributed by atoms with van der Waals surface area (Å²) in [5, 5.41) is 5.32. The fourth-order valence-electron chi connectivity index (χ4n) is 2.15. The number of benzene rings is 1. The maximum absolute atomic E-state index is 11.8. The number of hydrogen-bond acceptors (Lipinski definition) is 6. The molecule has 6 nitrogen and oxygen atoms in total. The van der Waals surface area contributed by atoms with Crippen LogP contribution >= 0.6 is 11.3 Å². The lowest BCUT2D eigenvalue weighted by atomic mass is 10.1. The number of nitrogens with zero attached hydrogens (tertiary/aromatic N) is 1.